The van der Waals surface area contributed by atoms with Crippen LogP contribution in [0.5, 0.6) is 0 Å². The third-order valence-corrected chi connectivity index (χ3v) is 4.53. The Morgan fingerprint density at radius 1 is 1.16 bits per heavy atom. The van der Waals surface area contributed by atoms with Gasteiger partial charge < -0.3 is 0 Å². The van der Waals surface area contributed by atoms with Crippen LogP contribution in [0.2, 0.25) is 5.02 Å². The number of imidazole rings is 1. The lowest BCUT2D eigenvalue weighted by molar-refractivity contribution is 0.342. The SMILES string of the molecule is Cn1c(=O)n(CC(C)(C)C)c2ccc(-c3cccc(Cl)c3C#N)cc21. The van der Waals surface area contributed by atoms with Crippen LogP contribution >= 0.6 is 11.6 Å². The highest BCUT2D eigenvalue weighted by Crippen LogP contribution is 2.31. The van der Waals surface area contributed by atoms with Gasteiger partial charge in [-0.05, 0) is 29.2 Å². The number of benzene rings is 2. The molecular formula is C20H20ClN3O. The second-order valence-corrected chi connectivity index (χ2v) is 7.87. The van der Waals surface area contributed by atoms with Crippen molar-refractivity contribution >= 4 is 22.6 Å². The fraction of sp³-hybridized carbons (Fsp3) is 0.300. The monoisotopic (exact) mass is 353 g/mol. The van der Waals surface area contributed by atoms with Crippen molar-refractivity contribution in [3.63, 3.8) is 0 Å². The average Bonchev–Trinajstić information content (AvgIpc) is 2.78. The number of fused-ring (bicyclic) bond motifs is 1. The average molecular weight is 354 g/mol. The molecule has 4 nitrogen and oxygen atoms in total. The third-order valence-electron chi connectivity index (χ3n) is 4.21. The summed E-state index contributed by atoms with van der Waals surface area (Å²) >= 11 is 6.15. The number of aryl methyl sites for hydroxylation is 1. The van der Waals surface area contributed by atoms with Gasteiger partial charge in [-0.15, -0.1) is 0 Å². The maximum Gasteiger partial charge on any atom is 0.328 e. The fourth-order valence-electron chi connectivity index (χ4n) is 3.08. The summed E-state index contributed by atoms with van der Waals surface area (Å²) < 4.78 is 3.46. The van der Waals surface area contributed by atoms with Crippen LogP contribution < -0.4 is 5.69 Å². The summed E-state index contributed by atoms with van der Waals surface area (Å²) in [5.41, 5.74) is 3.79. The van der Waals surface area contributed by atoms with Gasteiger partial charge in [0.15, 0.2) is 0 Å². The molecule has 0 spiro atoms. The molecule has 5 heteroatoms. The zero-order chi connectivity index (χ0) is 18.4. The molecule has 0 atom stereocenters. The van der Waals surface area contributed by atoms with Crippen molar-refractivity contribution in [3.05, 3.63) is 57.5 Å². The van der Waals surface area contributed by atoms with Gasteiger partial charge in [0.1, 0.15) is 6.07 Å². The zero-order valence-corrected chi connectivity index (χ0v) is 15.6. The van der Waals surface area contributed by atoms with Crippen molar-refractivity contribution in [2.24, 2.45) is 12.5 Å². The maximum atomic E-state index is 12.6. The first-order chi connectivity index (χ1) is 11.7. The first-order valence-corrected chi connectivity index (χ1v) is 8.49. The third kappa shape index (κ3) is 3.08. The summed E-state index contributed by atoms with van der Waals surface area (Å²) in [6.07, 6.45) is 0. The van der Waals surface area contributed by atoms with E-state index in [4.69, 9.17) is 11.6 Å². The molecule has 1 aromatic heterocycles. The van der Waals surface area contributed by atoms with Gasteiger partial charge in [0.05, 0.1) is 21.6 Å². The number of aromatic nitrogens is 2. The Balaban J connectivity index is 2.24. The summed E-state index contributed by atoms with van der Waals surface area (Å²) in [6, 6.07) is 13.4. The van der Waals surface area contributed by atoms with Gasteiger partial charge >= 0.3 is 5.69 Å². The highest BCUT2D eigenvalue weighted by Gasteiger charge is 2.18. The van der Waals surface area contributed by atoms with Gasteiger partial charge in [0, 0.05) is 19.2 Å². The van der Waals surface area contributed by atoms with Crippen LogP contribution in [0.3, 0.4) is 0 Å². The lowest BCUT2D eigenvalue weighted by atomic mass is 9.96. The van der Waals surface area contributed by atoms with Crippen LogP contribution in [-0.2, 0) is 13.6 Å². The number of nitriles is 1. The number of hydrogen-bond donors (Lipinski definition) is 0. The van der Waals surface area contributed by atoms with Gasteiger partial charge in [0.2, 0.25) is 0 Å². The fourth-order valence-corrected chi connectivity index (χ4v) is 3.30. The molecule has 0 bridgehead atoms. The van der Waals surface area contributed by atoms with Crippen molar-refractivity contribution < 1.29 is 0 Å². The van der Waals surface area contributed by atoms with Gasteiger partial charge in [0.25, 0.3) is 0 Å². The Kier molecular flexibility index (Phi) is 4.22. The molecule has 0 amide bonds. The molecule has 0 fully saturated rings. The van der Waals surface area contributed by atoms with Gasteiger partial charge in [-0.3, -0.25) is 9.13 Å². The first kappa shape index (κ1) is 17.3. The van der Waals surface area contributed by atoms with E-state index < -0.39 is 0 Å². The van der Waals surface area contributed by atoms with Crippen LogP contribution in [0, 0.1) is 16.7 Å². The van der Waals surface area contributed by atoms with E-state index in [2.05, 4.69) is 26.8 Å². The number of rotatable bonds is 2. The molecule has 0 N–H and O–H groups in total. The van der Waals surface area contributed by atoms with Crippen molar-refractivity contribution in [2.75, 3.05) is 0 Å². The lowest BCUT2D eigenvalue weighted by Crippen LogP contribution is -2.27. The summed E-state index contributed by atoms with van der Waals surface area (Å²) in [5, 5.41) is 9.84. The molecule has 0 saturated carbocycles. The molecular weight excluding hydrogens is 334 g/mol. The Hall–Kier alpha value is -2.51. The van der Waals surface area contributed by atoms with E-state index in [1.54, 1.807) is 17.7 Å². The second-order valence-electron chi connectivity index (χ2n) is 7.47. The molecule has 25 heavy (non-hydrogen) atoms. The molecule has 0 unspecified atom stereocenters. The standard InChI is InChI=1S/C20H20ClN3O/c1-20(2,3)12-24-17-9-8-13(10-18(17)23(4)19(24)25)14-6-5-7-16(21)15(14)11-22/h5-10H,12H2,1-4H3. The van der Waals surface area contributed by atoms with E-state index in [0.29, 0.717) is 17.1 Å². The molecule has 1 heterocycles. The summed E-state index contributed by atoms with van der Waals surface area (Å²) in [4.78, 5) is 12.6. The highest BCUT2D eigenvalue weighted by molar-refractivity contribution is 6.32. The number of nitrogens with zero attached hydrogens (tertiary/aromatic N) is 3. The van der Waals surface area contributed by atoms with Crippen molar-refractivity contribution in [1.82, 2.24) is 9.13 Å². The van der Waals surface area contributed by atoms with E-state index in [-0.39, 0.29) is 11.1 Å². The number of halogens is 1. The minimum atomic E-state index is -0.0336. The molecule has 128 valence electrons. The van der Waals surface area contributed by atoms with Gasteiger partial charge in [-0.1, -0.05) is 50.6 Å². The topological polar surface area (TPSA) is 50.7 Å². The zero-order valence-electron chi connectivity index (χ0n) is 14.8. The summed E-state index contributed by atoms with van der Waals surface area (Å²) in [6.45, 7) is 6.97. The molecule has 0 radical (unpaired) electrons. The van der Waals surface area contributed by atoms with Crippen LogP contribution in [0.1, 0.15) is 26.3 Å². The number of hydrogen-bond acceptors (Lipinski definition) is 2. The molecule has 2 aromatic carbocycles. The first-order valence-electron chi connectivity index (χ1n) is 8.11. The quantitative estimate of drug-likeness (QED) is 0.677. The van der Waals surface area contributed by atoms with Crippen LogP contribution in [0.15, 0.2) is 41.2 Å². The maximum absolute atomic E-state index is 12.6. The molecule has 3 aromatic rings. The van der Waals surface area contributed by atoms with Crippen molar-refractivity contribution in [1.29, 1.82) is 5.26 Å². The second kappa shape index (κ2) is 6.09. The molecule has 0 aliphatic rings. The Morgan fingerprint density at radius 3 is 2.52 bits per heavy atom. The molecule has 0 aliphatic heterocycles. The van der Waals surface area contributed by atoms with E-state index in [9.17, 15) is 10.1 Å². The summed E-state index contributed by atoms with van der Waals surface area (Å²) in [5.74, 6) is 0. The predicted octanol–water partition coefficient (Wildman–Crippen LogP) is 4.58. The van der Waals surface area contributed by atoms with Crippen LogP contribution in [-0.4, -0.2) is 9.13 Å². The normalized spacial score (nSPS) is 11.7. The highest BCUT2D eigenvalue weighted by atomic mass is 35.5. The van der Waals surface area contributed by atoms with Gasteiger partial charge in [-0.2, -0.15) is 5.26 Å². The van der Waals surface area contributed by atoms with E-state index in [0.717, 1.165) is 22.2 Å². The summed E-state index contributed by atoms with van der Waals surface area (Å²) in [7, 11) is 1.77. The Morgan fingerprint density at radius 2 is 1.88 bits per heavy atom. The van der Waals surface area contributed by atoms with E-state index in [1.807, 2.05) is 34.9 Å². The Bertz CT molecular complexity index is 1060. The largest absolute Gasteiger partial charge is 0.328 e. The van der Waals surface area contributed by atoms with Crippen molar-refractivity contribution in [2.45, 2.75) is 27.3 Å². The Labute approximate surface area is 151 Å². The molecule has 0 saturated heterocycles. The van der Waals surface area contributed by atoms with Gasteiger partial charge in [-0.25, -0.2) is 4.79 Å². The minimum absolute atomic E-state index is 0.00227. The van der Waals surface area contributed by atoms with E-state index in [1.165, 1.54) is 0 Å². The predicted molar refractivity (Wildman–Crippen MR) is 102 cm³/mol. The minimum Gasteiger partial charge on any atom is -0.295 e. The van der Waals surface area contributed by atoms with Crippen LogP contribution in [0.25, 0.3) is 22.2 Å². The van der Waals surface area contributed by atoms with E-state index >= 15 is 0 Å². The smallest absolute Gasteiger partial charge is 0.295 e. The molecule has 0 aliphatic carbocycles. The lowest BCUT2D eigenvalue weighted by Gasteiger charge is -2.18. The van der Waals surface area contributed by atoms with Crippen molar-refractivity contribution in [3.8, 4) is 17.2 Å². The molecule has 3 rings (SSSR count). The van der Waals surface area contributed by atoms with Crippen LogP contribution in [0.4, 0.5) is 0 Å².